The number of aromatic hydroxyl groups is 1. The molecule has 0 radical (unpaired) electrons. The van der Waals surface area contributed by atoms with Crippen LogP contribution in [0.15, 0.2) is 34.8 Å². The van der Waals surface area contributed by atoms with Crippen LogP contribution in [0.5, 0.6) is 17.2 Å². The molecule has 12 nitrogen and oxygen atoms in total. The number of carbonyl (C=O) groups is 3. The smallest absolute Gasteiger partial charge is 0.308 e. The van der Waals surface area contributed by atoms with Crippen LogP contribution in [0.2, 0.25) is 0 Å². The number of nitrogens with zero attached hydrogens (tertiary/aromatic N) is 1. The number of aliphatic hydroxyl groups is 4. The van der Waals surface area contributed by atoms with E-state index in [0.29, 0.717) is 12.1 Å². The molecule has 1 saturated heterocycles. The third kappa shape index (κ3) is 4.39. The predicted molar refractivity (Wildman–Crippen MR) is 137 cm³/mol. The van der Waals surface area contributed by atoms with Crippen LogP contribution >= 0.6 is 0 Å². The molecule has 4 unspecified atom stereocenters. The summed E-state index contributed by atoms with van der Waals surface area (Å²) in [5, 5.41) is 52.5. The van der Waals surface area contributed by atoms with E-state index in [4.69, 9.17) is 14.2 Å². The van der Waals surface area contributed by atoms with Crippen molar-refractivity contribution >= 4 is 23.8 Å². The Morgan fingerprint density at radius 3 is 2.48 bits per heavy atom. The standard InChI is InChI=1S/C28H27NO11/c1-11-21(31)20-19(23(33)17-9-15(39-13(3)30)4-5-16(17)22(20)32)18(8-14-6-7-29-10-14)24(11)40-27-26(35)28(36,37)25(34)12(2)38-27/h4-6,9-10,12,25-27,31,34-37H,7-8H2,1-3H3. The van der Waals surface area contributed by atoms with E-state index in [1.54, 1.807) is 12.3 Å². The summed E-state index contributed by atoms with van der Waals surface area (Å²) < 4.78 is 16.5. The van der Waals surface area contributed by atoms with Crippen LogP contribution in [-0.2, 0) is 16.0 Å². The summed E-state index contributed by atoms with van der Waals surface area (Å²) in [6.07, 6.45) is -3.55. The van der Waals surface area contributed by atoms with Crippen molar-refractivity contribution in [1.82, 2.24) is 0 Å². The minimum absolute atomic E-state index is 0.00329. The van der Waals surface area contributed by atoms with Gasteiger partial charge in [-0.1, -0.05) is 6.08 Å². The molecule has 2 heterocycles. The maximum atomic E-state index is 14.0. The molecule has 0 aromatic heterocycles. The maximum absolute atomic E-state index is 14.0. The molecular formula is C28H27NO11. The Morgan fingerprint density at radius 2 is 1.82 bits per heavy atom. The van der Waals surface area contributed by atoms with Gasteiger partial charge < -0.3 is 39.7 Å². The van der Waals surface area contributed by atoms with Crippen molar-refractivity contribution in [3.05, 3.63) is 63.2 Å². The molecule has 3 aliphatic rings. The van der Waals surface area contributed by atoms with Crippen LogP contribution in [0.1, 0.15) is 56.8 Å². The molecule has 2 aromatic rings. The van der Waals surface area contributed by atoms with Crippen LogP contribution in [0.25, 0.3) is 0 Å². The Bertz CT molecular complexity index is 1510. The summed E-state index contributed by atoms with van der Waals surface area (Å²) in [5.74, 6) is -5.56. The van der Waals surface area contributed by atoms with E-state index >= 15 is 0 Å². The number of aliphatic imine (C=N–C) groups is 1. The Labute approximate surface area is 227 Å². The molecular weight excluding hydrogens is 526 g/mol. The molecule has 1 fully saturated rings. The Hall–Kier alpha value is -3.94. The molecule has 5 rings (SSSR count). The minimum atomic E-state index is -2.99. The minimum Gasteiger partial charge on any atom is -0.507 e. The number of fused-ring (bicyclic) bond motifs is 2. The molecule has 4 atom stereocenters. The average Bonchev–Trinajstić information content (AvgIpc) is 3.41. The van der Waals surface area contributed by atoms with Gasteiger partial charge in [0.1, 0.15) is 23.4 Å². The Morgan fingerprint density at radius 1 is 1.12 bits per heavy atom. The highest BCUT2D eigenvalue weighted by atomic mass is 16.7. The third-order valence-electron chi connectivity index (χ3n) is 7.21. The molecule has 40 heavy (non-hydrogen) atoms. The molecule has 0 saturated carbocycles. The van der Waals surface area contributed by atoms with Gasteiger partial charge in [0.25, 0.3) is 0 Å². The molecule has 2 aromatic carbocycles. The highest BCUT2D eigenvalue weighted by Gasteiger charge is 2.54. The van der Waals surface area contributed by atoms with Gasteiger partial charge in [0, 0.05) is 47.4 Å². The van der Waals surface area contributed by atoms with Crippen LogP contribution in [-0.4, -0.2) is 86.2 Å². The normalized spacial score (nSPS) is 24.8. The Kier molecular flexibility index (Phi) is 6.84. The number of esters is 1. The SMILES string of the molecule is CC(=O)Oc1ccc2c(c1)C(=O)c1c(CC3=CCN=C3)c(OC3OC(C)C(O)C(O)(O)C3O)c(C)c(O)c1C2=O. The fourth-order valence-electron chi connectivity index (χ4n) is 5.12. The van der Waals surface area contributed by atoms with Crippen molar-refractivity contribution in [2.45, 2.75) is 57.6 Å². The monoisotopic (exact) mass is 553 g/mol. The van der Waals surface area contributed by atoms with Crippen molar-refractivity contribution in [2.24, 2.45) is 4.99 Å². The zero-order chi connectivity index (χ0) is 29.1. The number of hydrogen-bond acceptors (Lipinski definition) is 12. The van der Waals surface area contributed by atoms with Crippen LogP contribution < -0.4 is 9.47 Å². The van der Waals surface area contributed by atoms with Gasteiger partial charge >= 0.3 is 5.97 Å². The van der Waals surface area contributed by atoms with Crippen LogP contribution in [0, 0.1) is 6.92 Å². The first-order valence-electron chi connectivity index (χ1n) is 12.4. The molecule has 0 spiro atoms. The molecule has 12 heteroatoms. The van der Waals surface area contributed by atoms with Crippen LogP contribution in [0.4, 0.5) is 0 Å². The number of hydrogen-bond donors (Lipinski definition) is 5. The fourth-order valence-corrected chi connectivity index (χ4v) is 5.12. The largest absolute Gasteiger partial charge is 0.507 e. The number of rotatable bonds is 5. The van der Waals surface area contributed by atoms with Gasteiger partial charge in [0.15, 0.2) is 17.7 Å². The van der Waals surface area contributed by atoms with E-state index in [1.165, 1.54) is 39.0 Å². The summed E-state index contributed by atoms with van der Waals surface area (Å²) >= 11 is 0. The van der Waals surface area contributed by atoms with E-state index in [2.05, 4.69) is 4.99 Å². The second-order valence-electron chi connectivity index (χ2n) is 9.94. The lowest BCUT2D eigenvalue weighted by atomic mass is 9.78. The summed E-state index contributed by atoms with van der Waals surface area (Å²) in [5.41, 5.74) is 0.378. The first-order chi connectivity index (χ1) is 18.8. The highest BCUT2D eigenvalue weighted by molar-refractivity contribution is 6.30. The molecule has 0 amide bonds. The Balaban J connectivity index is 1.69. The summed E-state index contributed by atoms with van der Waals surface area (Å²) in [7, 11) is 0. The number of aliphatic hydroxyl groups excluding tert-OH is 2. The van der Waals surface area contributed by atoms with Gasteiger partial charge in [0.2, 0.25) is 12.1 Å². The fraction of sp³-hybridized carbons (Fsp3) is 0.357. The number of phenolic OH excluding ortho intramolecular Hbond substituents is 1. The van der Waals surface area contributed by atoms with E-state index in [1.807, 2.05) is 0 Å². The lowest BCUT2D eigenvalue weighted by Crippen LogP contribution is -2.67. The average molecular weight is 554 g/mol. The quantitative estimate of drug-likeness (QED) is 0.168. The van der Waals surface area contributed by atoms with Gasteiger partial charge in [-0.2, -0.15) is 0 Å². The van der Waals surface area contributed by atoms with Crippen LogP contribution in [0.3, 0.4) is 0 Å². The number of ether oxygens (including phenoxy) is 3. The van der Waals surface area contributed by atoms with Gasteiger partial charge in [-0.15, -0.1) is 0 Å². The second kappa shape index (κ2) is 9.91. The number of ketones is 2. The summed E-state index contributed by atoms with van der Waals surface area (Å²) in [4.78, 5) is 43.2. The molecule has 5 N–H and O–H groups in total. The van der Waals surface area contributed by atoms with Crippen molar-refractivity contribution in [2.75, 3.05) is 6.54 Å². The van der Waals surface area contributed by atoms with E-state index in [-0.39, 0.29) is 51.3 Å². The number of allylic oxidation sites excluding steroid dienone is 1. The highest BCUT2D eigenvalue weighted by Crippen LogP contribution is 2.45. The number of carbonyl (C=O) groups excluding carboxylic acids is 3. The van der Waals surface area contributed by atoms with E-state index in [9.17, 15) is 39.9 Å². The van der Waals surface area contributed by atoms with Gasteiger partial charge in [-0.25, -0.2) is 0 Å². The van der Waals surface area contributed by atoms with Gasteiger partial charge in [-0.3, -0.25) is 19.4 Å². The molecule has 0 bridgehead atoms. The lowest BCUT2D eigenvalue weighted by molar-refractivity contribution is -0.371. The van der Waals surface area contributed by atoms with Crippen molar-refractivity contribution < 1.29 is 54.1 Å². The predicted octanol–water partition coefficient (Wildman–Crippen LogP) is 0.481. The second-order valence-corrected chi connectivity index (χ2v) is 9.94. The zero-order valence-corrected chi connectivity index (χ0v) is 21.7. The van der Waals surface area contributed by atoms with Gasteiger partial charge in [0.05, 0.1) is 18.2 Å². The third-order valence-corrected chi connectivity index (χ3v) is 7.21. The number of benzene rings is 2. The molecule has 210 valence electrons. The number of phenols is 1. The van der Waals surface area contributed by atoms with Gasteiger partial charge in [-0.05, 0) is 37.6 Å². The summed E-state index contributed by atoms with van der Waals surface area (Å²) in [6.45, 7) is 4.35. The maximum Gasteiger partial charge on any atom is 0.308 e. The molecule has 1 aliphatic carbocycles. The zero-order valence-electron chi connectivity index (χ0n) is 21.7. The van der Waals surface area contributed by atoms with Crippen molar-refractivity contribution in [3.63, 3.8) is 0 Å². The van der Waals surface area contributed by atoms with Crippen molar-refractivity contribution in [1.29, 1.82) is 0 Å². The van der Waals surface area contributed by atoms with E-state index in [0.717, 1.165) is 0 Å². The lowest BCUT2D eigenvalue weighted by Gasteiger charge is -2.44. The first-order valence-corrected chi connectivity index (χ1v) is 12.4. The topological polar surface area (TPSA) is 192 Å². The van der Waals surface area contributed by atoms with Crippen molar-refractivity contribution in [3.8, 4) is 17.2 Å². The first kappa shape index (κ1) is 27.6. The summed E-state index contributed by atoms with van der Waals surface area (Å²) in [6, 6.07) is 3.97. The van der Waals surface area contributed by atoms with E-state index < -0.39 is 53.7 Å². The molecule has 2 aliphatic heterocycles.